The van der Waals surface area contributed by atoms with E-state index in [1.807, 2.05) is 0 Å². The van der Waals surface area contributed by atoms with E-state index in [4.69, 9.17) is 11.6 Å². The molecule has 0 saturated heterocycles. The number of rotatable bonds is 2. The van der Waals surface area contributed by atoms with E-state index in [0.29, 0.717) is 0 Å². The summed E-state index contributed by atoms with van der Waals surface area (Å²) in [4.78, 5) is 11.8. The highest BCUT2D eigenvalue weighted by atomic mass is 35.5. The second-order valence-corrected chi connectivity index (χ2v) is 4.56. The van der Waals surface area contributed by atoms with Gasteiger partial charge in [0.2, 0.25) is 0 Å². The Hall–Kier alpha value is -2.08. The van der Waals surface area contributed by atoms with Gasteiger partial charge in [-0.15, -0.1) is 0 Å². The Morgan fingerprint density at radius 2 is 1.67 bits per heavy atom. The molecule has 110 valence electrons. The minimum absolute atomic E-state index is 0.0407. The Morgan fingerprint density at radius 3 is 2.19 bits per heavy atom. The van der Waals surface area contributed by atoms with Crippen molar-refractivity contribution in [1.29, 1.82) is 0 Å². The molecule has 2 aromatic carbocycles. The van der Waals surface area contributed by atoms with Gasteiger partial charge in [0.25, 0.3) is 5.91 Å². The SMILES string of the molecule is O=C(Nc1ccc(C(F)(F)F)cc1Cl)c1ccc(F)cc1. The fourth-order valence-corrected chi connectivity index (χ4v) is 1.82. The maximum atomic E-state index is 12.7. The normalized spacial score (nSPS) is 11.3. The van der Waals surface area contributed by atoms with Crippen LogP contribution in [0.3, 0.4) is 0 Å². The molecule has 0 aliphatic heterocycles. The molecule has 0 saturated carbocycles. The zero-order valence-electron chi connectivity index (χ0n) is 10.3. The van der Waals surface area contributed by atoms with Crippen molar-refractivity contribution < 1.29 is 22.4 Å². The third kappa shape index (κ3) is 3.72. The lowest BCUT2D eigenvalue weighted by atomic mass is 10.1. The second kappa shape index (κ2) is 5.73. The molecule has 7 heteroatoms. The number of carbonyl (C=O) groups excluding carboxylic acids is 1. The number of alkyl halides is 3. The van der Waals surface area contributed by atoms with Crippen molar-refractivity contribution in [2.75, 3.05) is 5.32 Å². The number of hydrogen-bond acceptors (Lipinski definition) is 1. The zero-order valence-corrected chi connectivity index (χ0v) is 11.1. The summed E-state index contributed by atoms with van der Waals surface area (Å²) in [5.74, 6) is -1.10. The summed E-state index contributed by atoms with van der Waals surface area (Å²) in [6, 6.07) is 7.30. The van der Waals surface area contributed by atoms with Crippen LogP contribution in [0.25, 0.3) is 0 Å². The Bertz CT molecular complexity index is 668. The van der Waals surface area contributed by atoms with Crippen molar-refractivity contribution >= 4 is 23.2 Å². The molecule has 0 aromatic heterocycles. The van der Waals surface area contributed by atoms with Crippen LogP contribution in [0.4, 0.5) is 23.2 Å². The monoisotopic (exact) mass is 317 g/mol. The van der Waals surface area contributed by atoms with E-state index in [2.05, 4.69) is 5.32 Å². The van der Waals surface area contributed by atoms with Gasteiger partial charge in [-0.2, -0.15) is 13.2 Å². The molecule has 0 aliphatic rings. The molecule has 0 radical (unpaired) electrons. The van der Waals surface area contributed by atoms with Gasteiger partial charge in [-0.3, -0.25) is 4.79 Å². The fraction of sp³-hybridized carbons (Fsp3) is 0.0714. The number of carbonyl (C=O) groups is 1. The molecule has 1 N–H and O–H groups in total. The third-order valence-corrected chi connectivity index (χ3v) is 2.96. The molecule has 0 bridgehead atoms. The van der Waals surface area contributed by atoms with Gasteiger partial charge in [0.1, 0.15) is 5.82 Å². The summed E-state index contributed by atoms with van der Waals surface area (Å²) in [7, 11) is 0. The Kier molecular flexibility index (Phi) is 4.18. The smallest absolute Gasteiger partial charge is 0.321 e. The van der Waals surface area contributed by atoms with E-state index in [9.17, 15) is 22.4 Å². The van der Waals surface area contributed by atoms with Crippen LogP contribution in [-0.4, -0.2) is 5.91 Å². The van der Waals surface area contributed by atoms with Crippen LogP contribution in [-0.2, 0) is 6.18 Å². The topological polar surface area (TPSA) is 29.1 Å². The Labute approximate surface area is 122 Å². The number of anilines is 1. The molecular weight excluding hydrogens is 310 g/mol. The van der Waals surface area contributed by atoms with E-state index in [-0.39, 0.29) is 16.3 Å². The van der Waals surface area contributed by atoms with Crippen LogP contribution in [0.15, 0.2) is 42.5 Å². The lowest BCUT2D eigenvalue weighted by molar-refractivity contribution is -0.137. The molecule has 0 spiro atoms. The molecule has 2 aromatic rings. The van der Waals surface area contributed by atoms with Gasteiger partial charge < -0.3 is 5.32 Å². The van der Waals surface area contributed by atoms with Gasteiger partial charge in [-0.1, -0.05) is 11.6 Å². The summed E-state index contributed by atoms with van der Waals surface area (Å²) >= 11 is 5.72. The molecule has 21 heavy (non-hydrogen) atoms. The summed E-state index contributed by atoms with van der Waals surface area (Å²) in [6.45, 7) is 0. The summed E-state index contributed by atoms with van der Waals surface area (Å²) in [6.07, 6.45) is -4.51. The first-order valence-electron chi connectivity index (χ1n) is 5.71. The third-order valence-electron chi connectivity index (χ3n) is 2.65. The maximum absolute atomic E-state index is 12.7. The molecule has 2 nitrogen and oxygen atoms in total. The van der Waals surface area contributed by atoms with E-state index in [0.717, 1.165) is 30.3 Å². The first-order valence-corrected chi connectivity index (χ1v) is 6.09. The van der Waals surface area contributed by atoms with E-state index >= 15 is 0 Å². The van der Waals surface area contributed by atoms with Gasteiger partial charge >= 0.3 is 6.18 Å². The lowest BCUT2D eigenvalue weighted by Gasteiger charge is -2.11. The number of hydrogen-bond donors (Lipinski definition) is 1. The molecule has 0 fully saturated rings. The molecular formula is C14H8ClF4NO. The molecule has 1 amide bonds. The number of benzene rings is 2. The van der Waals surface area contributed by atoms with E-state index in [1.165, 1.54) is 12.1 Å². The van der Waals surface area contributed by atoms with Crippen LogP contribution in [0.2, 0.25) is 5.02 Å². The predicted molar refractivity (Wildman–Crippen MR) is 70.8 cm³/mol. The average Bonchev–Trinajstić information content (AvgIpc) is 2.40. The Balaban J connectivity index is 2.20. The highest BCUT2D eigenvalue weighted by molar-refractivity contribution is 6.34. The number of amides is 1. The number of halogens is 5. The van der Waals surface area contributed by atoms with Crippen molar-refractivity contribution in [1.82, 2.24) is 0 Å². The molecule has 2 rings (SSSR count). The summed E-state index contributed by atoms with van der Waals surface area (Å²) < 4.78 is 50.2. The van der Waals surface area contributed by atoms with Gasteiger partial charge in [-0.05, 0) is 42.5 Å². The first-order chi connectivity index (χ1) is 9.77. The Morgan fingerprint density at radius 1 is 1.05 bits per heavy atom. The van der Waals surface area contributed by atoms with Gasteiger partial charge in [-0.25, -0.2) is 4.39 Å². The zero-order chi connectivity index (χ0) is 15.6. The van der Waals surface area contributed by atoms with Gasteiger partial charge in [0.05, 0.1) is 16.3 Å². The lowest BCUT2D eigenvalue weighted by Crippen LogP contribution is -2.13. The van der Waals surface area contributed by atoms with Crippen molar-refractivity contribution in [3.8, 4) is 0 Å². The summed E-state index contributed by atoms with van der Waals surface area (Å²) in [5, 5.41) is 2.13. The molecule has 0 atom stereocenters. The quantitative estimate of drug-likeness (QED) is 0.796. The molecule has 0 aliphatic carbocycles. The van der Waals surface area contributed by atoms with Crippen LogP contribution < -0.4 is 5.32 Å². The number of nitrogens with one attached hydrogen (secondary N) is 1. The van der Waals surface area contributed by atoms with Gasteiger partial charge in [0, 0.05) is 5.56 Å². The van der Waals surface area contributed by atoms with Gasteiger partial charge in [0.15, 0.2) is 0 Å². The van der Waals surface area contributed by atoms with Crippen LogP contribution in [0.1, 0.15) is 15.9 Å². The van der Waals surface area contributed by atoms with Crippen LogP contribution in [0, 0.1) is 5.82 Å². The van der Waals surface area contributed by atoms with Crippen molar-refractivity contribution in [2.24, 2.45) is 0 Å². The van der Waals surface area contributed by atoms with Crippen LogP contribution >= 0.6 is 11.6 Å². The maximum Gasteiger partial charge on any atom is 0.416 e. The second-order valence-electron chi connectivity index (χ2n) is 4.15. The van der Waals surface area contributed by atoms with Crippen molar-refractivity contribution in [2.45, 2.75) is 6.18 Å². The predicted octanol–water partition coefficient (Wildman–Crippen LogP) is 4.75. The minimum Gasteiger partial charge on any atom is -0.321 e. The van der Waals surface area contributed by atoms with E-state index in [1.54, 1.807) is 0 Å². The minimum atomic E-state index is -4.51. The highest BCUT2D eigenvalue weighted by Gasteiger charge is 2.31. The van der Waals surface area contributed by atoms with Crippen molar-refractivity contribution in [3.63, 3.8) is 0 Å². The fourth-order valence-electron chi connectivity index (χ4n) is 1.59. The highest BCUT2D eigenvalue weighted by Crippen LogP contribution is 2.33. The molecule has 0 heterocycles. The van der Waals surface area contributed by atoms with Crippen LogP contribution in [0.5, 0.6) is 0 Å². The first kappa shape index (κ1) is 15.3. The molecule has 0 unspecified atom stereocenters. The average molecular weight is 318 g/mol. The van der Waals surface area contributed by atoms with Crippen molar-refractivity contribution in [3.05, 3.63) is 64.4 Å². The standard InChI is InChI=1S/C14H8ClF4NO/c15-11-7-9(14(17,18)19)3-6-12(11)20-13(21)8-1-4-10(16)5-2-8/h1-7H,(H,20,21). The summed E-state index contributed by atoms with van der Waals surface area (Å²) in [5.41, 5.74) is -0.710. The largest absolute Gasteiger partial charge is 0.416 e. The van der Waals surface area contributed by atoms with E-state index < -0.39 is 23.5 Å².